The molecule has 0 amide bonds. The summed E-state index contributed by atoms with van der Waals surface area (Å²) in [6, 6.07) is -0.267. The van der Waals surface area contributed by atoms with Gasteiger partial charge in [0.1, 0.15) is 0 Å². The lowest BCUT2D eigenvalue weighted by molar-refractivity contribution is -0.138. The van der Waals surface area contributed by atoms with Crippen LogP contribution >= 0.6 is 11.8 Å². The minimum Gasteiger partial charge on any atom is -0.362 e. The second kappa shape index (κ2) is 5.72. The van der Waals surface area contributed by atoms with E-state index in [1.165, 1.54) is 19.3 Å². The van der Waals surface area contributed by atoms with Gasteiger partial charge in [0.25, 0.3) is 0 Å². The van der Waals surface area contributed by atoms with Crippen LogP contribution in [0.1, 0.15) is 39.0 Å². The standard InChI is InChI=1S/C12H19F3N2S/c1-8(6-12(13,14)15)16-11-17-10-5-3-2-4-9(10)7-18-11/h8-10H,2-7H2,1H3,(H,16,17). The van der Waals surface area contributed by atoms with Crippen molar-refractivity contribution in [2.75, 3.05) is 5.75 Å². The summed E-state index contributed by atoms with van der Waals surface area (Å²) in [5.74, 6) is 1.63. The summed E-state index contributed by atoms with van der Waals surface area (Å²) < 4.78 is 36.7. The molecule has 1 aliphatic heterocycles. The van der Waals surface area contributed by atoms with E-state index >= 15 is 0 Å². The molecule has 2 aliphatic rings. The van der Waals surface area contributed by atoms with Crippen LogP contribution in [-0.2, 0) is 0 Å². The highest BCUT2D eigenvalue weighted by Gasteiger charge is 2.32. The first-order valence-corrected chi connectivity index (χ1v) is 7.46. The summed E-state index contributed by atoms with van der Waals surface area (Å²) in [6.07, 6.45) is -0.151. The molecule has 0 radical (unpaired) electrons. The molecule has 6 heteroatoms. The Morgan fingerprint density at radius 3 is 2.83 bits per heavy atom. The van der Waals surface area contributed by atoms with E-state index in [4.69, 9.17) is 0 Å². The second-order valence-corrected chi connectivity index (χ2v) is 6.23. The third kappa shape index (κ3) is 4.07. The fourth-order valence-corrected chi connectivity index (χ4v) is 3.87. The number of amidine groups is 1. The number of halogens is 3. The van der Waals surface area contributed by atoms with Gasteiger partial charge < -0.3 is 5.32 Å². The van der Waals surface area contributed by atoms with Crippen LogP contribution in [0.2, 0.25) is 0 Å². The van der Waals surface area contributed by atoms with Crippen LogP contribution in [0.3, 0.4) is 0 Å². The van der Waals surface area contributed by atoms with Crippen LogP contribution < -0.4 is 5.32 Å². The fourth-order valence-electron chi connectivity index (χ4n) is 2.61. The van der Waals surface area contributed by atoms with Gasteiger partial charge in [0.15, 0.2) is 5.17 Å². The van der Waals surface area contributed by atoms with Gasteiger partial charge in [-0.3, -0.25) is 4.99 Å². The molecule has 1 aliphatic carbocycles. The highest BCUT2D eigenvalue weighted by Crippen LogP contribution is 2.33. The maximum absolute atomic E-state index is 12.2. The monoisotopic (exact) mass is 280 g/mol. The minimum absolute atomic E-state index is 0.334. The topological polar surface area (TPSA) is 24.4 Å². The predicted octanol–water partition coefficient (Wildman–Crippen LogP) is 3.58. The average Bonchev–Trinajstić information content (AvgIpc) is 2.26. The number of hydrogen-bond acceptors (Lipinski definition) is 3. The Balaban J connectivity index is 1.88. The van der Waals surface area contributed by atoms with E-state index in [-0.39, 0.29) is 0 Å². The van der Waals surface area contributed by atoms with Crippen LogP contribution in [0.15, 0.2) is 4.99 Å². The SMILES string of the molecule is CC(CC(F)(F)F)NC1=NC2CCCCC2CS1. The number of alkyl halides is 3. The van der Waals surface area contributed by atoms with Crippen LogP contribution in [0.25, 0.3) is 0 Å². The molecule has 0 bridgehead atoms. The van der Waals surface area contributed by atoms with E-state index in [1.807, 2.05) is 0 Å². The predicted molar refractivity (Wildman–Crippen MR) is 68.9 cm³/mol. The van der Waals surface area contributed by atoms with E-state index in [0.717, 1.165) is 12.2 Å². The number of hydrogen-bond donors (Lipinski definition) is 1. The molecule has 1 heterocycles. The molecule has 2 rings (SSSR count). The van der Waals surface area contributed by atoms with Gasteiger partial charge in [0, 0.05) is 11.8 Å². The van der Waals surface area contributed by atoms with Gasteiger partial charge in [-0.05, 0) is 25.7 Å². The number of nitrogens with one attached hydrogen (secondary N) is 1. The first kappa shape index (κ1) is 14.0. The van der Waals surface area contributed by atoms with Gasteiger partial charge in [0.05, 0.1) is 12.5 Å². The first-order chi connectivity index (χ1) is 8.44. The lowest BCUT2D eigenvalue weighted by Crippen LogP contribution is -2.39. The average molecular weight is 280 g/mol. The normalized spacial score (nSPS) is 30.3. The highest BCUT2D eigenvalue weighted by molar-refractivity contribution is 8.13. The van der Waals surface area contributed by atoms with Crippen LogP contribution in [0, 0.1) is 5.92 Å². The summed E-state index contributed by atoms with van der Waals surface area (Å²) in [5.41, 5.74) is 0. The van der Waals surface area contributed by atoms with Crippen molar-refractivity contribution in [1.82, 2.24) is 5.32 Å². The van der Waals surface area contributed by atoms with Crippen molar-refractivity contribution >= 4 is 16.9 Å². The van der Waals surface area contributed by atoms with Gasteiger partial charge >= 0.3 is 6.18 Å². The first-order valence-electron chi connectivity index (χ1n) is 6.48. The van der Waals surface area contributed by atoms with Gasteiger partial charge in [-0.15, -0.1) is 0 Å². The molecule has 0 aromatic carbocycles. The second-order valence-electron chi connectivity index (χ2n) is 5.22. The minimum atomic E-state index is -4.11. The number of nitrogens with zero attached hydrogens (tertiary/aromatic N) is 1. The zero-order valence-corrected chi connectivity index (χ0v) is 11.3. The quantitative estimate of drug-likeness (QED) is 0.836. The van der Waals surface area contributed by atoms with Crippen LogP contribution in [0.4, 0.5) is 13.2 Å². The molecule has 1 fully saturated rings. The molecule has 0 aromatic rings. The van der Waals surface area contributed by atoms with Crippen molar-refractivity contribution in [2.45, 2.75) is 57.3 Å². The maximum Gasteiger partial charge on any atom is 0.391 e. The van der Waals surface area contributed by atoms with Crippen molar-refractivity contribution in [3.63, 3.8) is 0 Å². The number of aliphatic imine (C=N–C) groups is 1. The van der Waals surface area contributed by atoms with Gasteiger partial charge in [-0.1, -0.05) is 24.6 Å². The Kier molecular flexibility index (Phi) is 4.45. The number of fused-ring (bicyclic) bond motifs is 1. The van der Waals surface area contributed by atoms with Crippen molar-refractivity contribution < 1.29 is 13.2 Å². The highest BCUT2D eigenvalue weighted by atomic mass is 32.2. The van der Waals surface area contributed by atoms with Gasteiger partial charge in [-0.25, -0.2) is 0 Å². The Morgan fingerprint density at radius 1 is 1.39 bits per heavy atom. The van der Waals surface area contributed by atoms with E-state index in [1.54, 1.807) is 18.7 Å². The molecule has 0 aromatic heterocycles. The molecule has 2 nitrogen and oxygen atoms in total. The lowest BCUT2D eigenvalue weighted by Gasteiger charge is -2.33. The van der Waals surface area contributed by atoms with Crippen LogP contribution in [-0.4, -0.2) is 29.2 Å². The van der Waals surface area contributed by atoms with Gasteiger partial charge in [-0.2, -0.15) is 13.2 Å². The molecular weight excluding hydrogens is 261 g/mol. The van der Waals surface area contributed by atoms with E-state index in [2.05, 4.69) is 10.3 Å². The maximum atomic E-state index is 12.2. The summed E-state index contributed by atoms with van der Waals surface area (Å²) in [6.45, 7) is 1.56. The van der Waals surface area contributed by atoms with E-state index in [0.29, 0.717) is 17.1 Å². The smallest absolute Gasteiger partial charge is 0.362 e. The Hall–Kier alpha value is -0.390. The third-order valence-electron chi connectivity index (χ3n) is 3.49. The van der Waals surface area contributed by atoms with Crippen molar-refractivity contribution in [1.29, 1.82) is 0 Å². The van der Waals surface area contributed by atoms with Crippen molar-refractivity contribution in [3.8, 4) is 0 Å². The molecule has 18 heavy (non-hydrogen) atoms. The largest absolute Gasteiger partial charge is 0.391 e. The molecule has 104 valence electrons. The molecule has 1 N–H and O–H groups in total. The summed E-state index contributed by atoms with van der Waals surface area (Å²) in [4.78, 5) is 4.57. The van der Waals surface area contributed by atoms with E-state index < -0.39 is 18.6 Å². The Bertz CT molecular complexity index is 317. The third-order valence-corrected chi connectivity index (χ3v) is 4.59. The van der Waals surface area contributed by atoms with E-state index in [9.17, 15) is 13.2 Å². The fraction of sp³-hybridized carbons (Fsp3) is 0.917. The van der Waals surface area contributed by atoms with Crippen LogP contribution in [0.5, 0.6) is 0 Å². The van der Waals surface area contributed by atoms with Crippen molar-refractivity contribution in [3.05, 3.63) is 0 Å². The lowest BCUT2D eigenvalue weighted by atomic mass is 9.86. The Labute approximate surface area is 110 Å². The van der Waals surface area contributed by atoms with Crippen molar-refractivity contribution in [2.24, 2.45) is 10.9 Å². The number of thioether (sulfide) groups is 1. The molecule has 0 spiro atoms. The zero-order valence-electron chi connectivity index (χ0n) is 10.5. The summed E-state index contributed by atoms with van der Waals surface area (Å²) in [7, 11) is 0. The summed E-state index contributed by atoms with van der Waals surface area (Å²) >= 11 is 1.57. The Morgan fingerprint density at radius 2 is 2.11 bits per heavy atom. The molecule has 3 unspecified atom stereocenters. The molecule has 3 atom stereocenters. The summed E-state index contributed by atoms with van der Waals surface area (Å²) in [5, 5.41) is 3.60. The van der Waals surface area contributed by atoms with Gasteiger partial charge in [0.2, 0.25) is 0 Å². The number of rotatable bonds is 2. The zero-order chi connectivity index (χ0) is 13.2. The molecule has 0 saturated heterocycles. The molecular formula is C12H19F3N2S. The molecule has 1 saturated carbocycles.